The molecule has 7 heteroatoms. The molecule has 1 aliphatic rings. The number of halogens is 1. The first-order valence-corrected chi connectivity index (χ1v) is 8.89. The fraction of sp³-hybridized carbons (Fsp3) is 0.400. The first kappa shape index (κ1) is 15.0. The molecule has 22 heavy (non-hydrogen) atoms. The van der Waals surface area contributed by atoms with Crippen LogP contribution in [0.5, 0.6) is 0 Å². The molecule has 1 aliphatic carbocycles. The van der Waals surface area contributed by atoms with Crippen molar-refractivity contribution >= 4 is 15.8 Å². The van der Waals surface area contributed by atoms with Crippen LogP contribution in [0.4, 0.5) is 10.2 Å². The second-order valence-electron chi connectivity index (χ2n) is 5.55. The molecular formula is C15H18FN3O2S. The highest BCUT2D eigenvalue weighted by molar-refractivity contribution is 7.92. The molecular weight excluding hydrogens is 305 g/mol. The monoisotopic (exact) mass is 323 g/mol. The van der Waals surface area contributed by atoms with Gasteiger partial charge in [0.2, 0.25) is 10.0 Å². The molecule has 3 rings (SSSR count). The van der Waals surface area contributed by atoms with E-state index in [1.165, 1.54) is 12.1 Å². The summed E-state index contributed by atoms with van der Waals surface area (Å²) in [5.41, 5.74) is 2.64. The minimum Gasteiger partial charge on any atom is -0.267 e. The van der Waals surface area contributed by atoms with Gasteiger partial charge in [-0.3, -0.25) is 9.40 Å². The summed E-state index contributed by atoms with van der Waals surface area (Å²) in [7, 11) is -1.75. The Hall–Kier alpha value is -1.89. The lowest BCUT2D eigenvalue weighted by Gasteiger charge is -2.10. The third kappa shape index (κ3) is 3.14. The van der Waals surface area contributed by atoms with Gasteiger partial charge in [0.25, 0.3) is 0 Å². The molecule has 5 nitrogen and oxygen atoms in total. The van der Waals surface area contributed by atoms with Gasteiger partial charge in [0, 0.05) is 12.6 Å². The number of anilines is 1. The van der Waals surface area contributed by atoms with Crippen molar-refractivity contribution in [3.63, 3.8) is 0 Å². The van der Waals surface area contributed by atoms with Crippen molar-refractivity contribution in [2.45, 2.75) is 25.7 Å². The summed E-state index contributed by atoms with van der Waals surface area (Å²) in [6.07, 6.45) is 3.03. The molecule has 2 aromatic rings. The molecule has 0 aliphatic heterocycles. The molecule has 0 spiro atoms. The summed E-state index contributed by atoms with van der Waals surface area (Å²) in [5, 5.41) is 4.35. The Balaban J connectivity index is 1.72. The first-order chi connectivity index (χ1) is 10.4. The van der Waals surface area contributed by atoms with E-state index in [9.17, 15) is 12.8 Å². The van der Waals surface area contributed by atoms with Crippen LogP contribution in [0.1, 0.15) is 23.2 Å². The lowest BCUT2D eigenvalue weighted by Crippen LogP contribution is -2.20. The van der Waals surface area contributed by atoms with Crippen molar-refractivity contribution in [2.24, 2.45) is 7.05 Å². The number of fused-ring (bicyclic) bond motifs is 1. The van der Waals surface area contributed by atoms with Crippen LogP contribution in [0, 0.1) is 5.82 Å². The van der Waals surface area contributed by atoms with E-state index < -0.39 is 10.0 Å². The van der Waals surface area contributed by atoms with Gasteiger partial charge >= 0.3 is 0 Å². The molecule has 0 bridgehead atoms. The first-order valence-electron chi connectivity index (χ1n) is 7.24. The largest absolute Gasteiger partial charge is 0.267 e. The number of aromatic nitrogens is 2. The van der Waals surface area contributed by atoms with Crippen molar-refractivity contribution < 1.29 is 12.8 Å². The zero-order chi connectivity index (χ0) is 15.7. The summed E-state index contributed by atoms with van der Waals surface area (Å²) in [5.74, 6) is 0.121. The van der Waals surface area contributed by atoms with Crippen LogP contribution in [0.15, 0.2) is 24.3 Å². The predicted molar refractivity (Wildman–Crippen MR) is 82.7 cm³/mol. The fourth-order valence-electron chi connectivity index (χ4n) is 2.79. The smallest absolute Gasteiger partial charge is 0.234 e. The second kappa shape index (κ2) is 5.72. The maximum absolute atomic E-state index is 13.1. The summed E-state index contributed by atoms with van der Waals surface area (Å²) in [4.78, 5) is 0. The number of nitrogens with one attached hydrogen (secondary N) is 1. The van der Waals surface area contributed by atoms with E-state index in [0.29, 0.717) is 11.4 Å². The van der Waals surface area contributed by atoms with Crippen LogP contribution in [0.2, 0.25) is 0 Å². The molecule has 0 atom stereocenters. The Morgan fingerprint density at radius 3 is 2.95 bits per heavy atom. The highest BCUT2D eigenvalue weighted by atomic mass is 32.2. The van der Waals surface area contributed by atoms with E-state index in [-0.39, 0.29) is 18.0 Å². The summed E-state index contributed by atoms with van der Waals surface area (Å²) in [6.45, 7) is 0. The van der Waals surface area contributed by atoms with E-state index in [1.54, 1.807) is 23.9 Å². The number of hydrogen-bond donors (Lipinski definition) is 1. The normalized spacial score (nSPS) is 14.1. The quantitative estimate of drug-likeness (QED) is 0.916. The van der Waals surface area contributed by atoms with Crippen LogP contribution >= 0.6 is 0 Å². The molecule has 0 radical (unpaired) electrons. The number of nitrogens with zero attached hydrogens (tertiary/aromatic N) is 2. The van der Waals surface area contributed by atoms with Crippen LogP contribution < -0.4 is 4.72 Å². The Kier molecular flexibility index (Phi) is 3.90. The van der Waals surface area contributed by atoms with Gasteiger partial charge < -0.3 is 0 Å². The Bertz CT molecular complexity index is 799. The molecule has 1 N–H and O–H groups in total. The zero-order valence-electron chi connectivity index (χ0n) is 12.3. The van der Waals surface area contributed by atoms with Gasteiger partial charge in [-0.05, 0) is 43.4 Å². The third-order valence-corrected chi connectivity index (χ3v) is 5.12. The average molecular weight is 323 g/mol. The average Bonchev–Trinajstić information content (AvgIpc) is 3.00. The van der Waals surface area contributed by atoms with Crippen molar-refractivity contribution in [2.75, 3.05) is 10.5 Å². The maximum Gasteiger partial charge on any atom is 0.234 e. The Morgan fingerprint density at radius 2 is 2.18 bits per heavy atom. The molecule has 1 aromatic carbocycles. The Labute approximate surface area is 129 Å². The summed E-state index contributed by atoms with van der Waals surface area (Å²) < 4.78 is 41.9. The molecule has 1 heterocycles. The lowest BCUT2D eigenvalue weighted by atomic mass is 10.2. The molecule has 0 amide bonds. The van der Waals surface area contributed by atoms with Gasteiger partial charge in [-0.25, -0.2) is 12.8 Å². The van der Waals surface area contributed by atoms with Crippen LogP contribution in [0.3, 0.4) is 0 Å². The van der Waals surface area contributed by atoms with Gasteiger partial charge in [0.15, 0.2) is 0 Å². The molecule has 0 saturated carbocycles. The van der Waals surface area contributed by atoms with Crippen molar-refractivity contribution in [1.82, 2.24) is 9.78 Å². The van der Waals surface area contributed by atoms with E-state index in [0.717, 1.165) is 30.5 Å². The molecule has 1 aromatic heterocycles. The van der Waals surface area contributed by atoms with Gasteiger partial charge in [-0.1, -0.05) is 12.1 Å². The number of hydrogen-bond acceptors (Lipinski definition) is 3. The minimum atomic E-state index is -3.49. The SMILES string of the molecule is Cn1nc2c(c1NS(=O)(=O)CCc1cccc(F)c1)CCC2. The highest BCUT2D eigenvalue weighted by Gasteiger charge is 2.23. The van der Waals surface area contributed by atoms with E-state index >= 15 is 0 Å². The van der Waals surface area contributed by atoms with Crippen molar-refractivity contribution in [3.05, 3.63) is 46.9 Å². The number of aryl methyl sites for hydroxylation is 3. The number of rotatable bonds is 5. The van der Waals surface area contributed by atoms with Gasteiger partial charge in [-0.15, -0.1) is 0 Å². The fourth-order valence-corrected chi connectivity index (χ4v) is 3.95. The van der Waals surface area contributed by atoms with Crippen molar-refractivity contribution in [1.29, 1.82) is 0 Å². The molecule has 0 saturated heterocycles. The molecule has 0 fully saturated rings. The van der Waals surface area contributed by atoms with Crippen LogP contribution in [-0.2, 0) is 36.3 Å². The maximum atomic E-state index is 13.1. The topological polar surface area (TPSA) is 64.0 Å². The van der Waals surface area contributed by atoms with E-state index in [2.05, 4.69) is 9.82 Å². The Morgan fingerprint density at radius 1 is 1.36 bits per heavy atom. The van der Waals surface area contributed by atoms with E-state index in [4.69, 9.17) is 0 Å². The minimum absolute atomic E-state index is 0.0869. The third-order valence-electron chi connectivity index (χ3n) is 3.87. The summed E-state index contributed by atoms with van der Waals surface area (Å²) in [6, 6.07) is 6.01. The number of sulfonamides is 1. The zero-order valence-corrected chi connectivity index (χ0v) is 13.2. The van der Waals surface area contributed by atoms with Crippen LogP contribution in [-0.4, -0.2) is 24.0 Å². The molecule has 118 valence electrons. The molecule has 0 unspecified atom stereocenters. The number of benzene rings is 1. The predicted octanol–water partition coefficient (Wildman–Crippen LogP) is 2.03. The summed E-state index contributed by atoms with van der Waals surface area (Å²) >= 11 is 0. The standard InChI is InChI=1S/C15H18FN3O2S/c1-19-15(13-6-3-7-14(13)17-19)18-22(20,21)9-8-11-4-2-5-12(16)10-11/h2,4-5,10,18H,3,6-9H2,1H3. The van der Waals surface area contributed by atoms with Crippen molar-refractivity contribution in [3.8, 4) is 0 Å². The van der Waals surface area contributed by atoms with Crippen LogP contribution in [0.25, 0.3) is 0 Å². The second-order valence-corrected chi connectivity index (χ2v) is 7.39. The van der Waals surface area contributed by atoms with Gasteiger partial charge in [0.05, 0.1) is 11.4 Å². The highest BCUT2D eigenvalue weighted by Crippen LogP contribution is 2.28. The van der Waals surface area contributed by atoms with Gasteiger partial charge in [-0.2, -0.15) is 5.10 Å². The van der Waals surface area contributed by atoms with E-state index in [1.807, 2.05) is 0 Å². The lowest BCUT2D eigenvalue weighted by molar-refractivity contribution is 0.598. The van der Waals surface area contributed by atoms with Gasteiger partial charge in [0.1, 0.15) is 11.6 Å².